The van der Waals surface area contributed by atoms with Gasteiger partial charge < -0.3 is 4.42 Å². The molecule has 0 aliphatic carbocycles. The summed E-state index contributed by atoms with van der Waals surface area (Å²) in [4.78, 5) is 8.30. The first kappa shape index (κ1) is 14.4. The van der Waals surface area contributed by atoms with Crippen LogP contribution in [0.15, 0.2) is 59.3 Å². The van der Waals surface area contributed by atoms with Crippen LogP contribution >= 0.6 is 0 Å². The van der Waals surface area contributed by atoms with E-state index in [1.807, 2.05) is 0 Å². The monoisotopic (exact) mass is 330 g/mol. The lowest BCUT2D eigenvalue weighted by molar-refractivity contribution is -0.142. The van der Waals surface area contributed by atoms with E-state index < -0.39 is 11.9 Å². The van der Waals surface area contributed by atoms with Gasteiger partial charge in [0.25, 0.3) is 0 Å². The minimum absolute atomic E-state index is 0.0666. The zero-order chi connectivity index (χ0) is 16.7. The van der Waals surface area contributed by atoms with Gasteiger partial charge in [0.15, 0.2) is 17.1 Å². The maximum absolute atomic E-state index is 13.4. The van der Waals surface area contributed by atoms with Gasteiger partial charge in [0, 0.05) is 12.3 Å². The SMILES string of the molecule is FC(F)(F)c1cc(-c2ccccn2)nc2cc(-c3ccco3)nn12. The maximum atomic E-state index is 13.4. The van der Waals surface area contributed by atoms with Gasteiger partial charge in [0.2, 0.25) is 0 Å². The molecular weight excluding hydrogens is 321 g/mol. The lowest BCUT2D eigenvalue weighted by Gasteiger charge is -2.10. The minimum Gasteiger partial charge on any atom is -0.463 e. The number of hydrogen-bond donors (Lipinski definition) is 0. The second kappa shape index (κ2) is 5.19. The summed E-state index contributed by atoms with van der Waals surface area (Å²) in [6.45, 7) is 0. The fraction of sp³-hybridized carbons (Fsp3) is 0.0625. The summed E-state index contributed by atoms with van der Waals surface area (Å²) in [6.07, 6.45) is -1.66. The quantitative estimate of drug-likeness (QED) is 0.556. The van der Waals surface area contributed by atoms with Crippen LogP contribution in [0.25, 0.3) is 28.5 Å². The molecule has 0 spiro atoms. The summed E-state index contributed by atoms with van der Waals surface area (Å²) in [6, 6.07) is 10.6. The van der Waals surface area contributed by atoms with Crippen molar-refractivity contribution in [3.05, 3.63) is 60.6 Å². The average molecular weight is 330 g/mol. The molecule has 0 radical (unpaired) electrons. The van der Waals surface area contributed by atoms with Crippen molar-refractivity contribution in [1.29, 1.82) is 0 Å². The molecular formula is C16H9F3N4O. The number of aromatic nitrogens is 4. The molecule has 0 saturated carbocycles. The summed E-state index contributed by atoms with van der Waals surface area (Å²) in [7, 11) is 0. The molecule has 0 bridgehead atoms. The molecule has 0 saturated heterocycles. The van der Waals surface area contributed by atoms with Crippen LogP contribution in [-0.2, 0) is 6.18 Å². The number of fused-ring (bicyclic) bond motifs is 1. The standard InChI is InChI=1S/C16H9F3N4O/c17-16(18,19)14-8-11(10-4-1-2-6-20-10)21-15-9-12(22-23(14)15)13-5-3-7-24-13/h1-9H. The molecule has 24 heavy (non-hydrogen) atoms. The Morgan fingerprint density at radius 3 is 2.50 bits per heavy atom. The van der Waals surface area contributed by atoms with Crippen molar-refractivity contribution in [1.82, 2.24) is 19.6 Å². The predicted octanol–water partition coefficient (Wildman–Crippen LogP) is 4.07. The third kappa shape index (κ3) is 2.41. The van der Waals surface area contributed by atoms with E-state index in [2.05, 4.69) is 15.1 Å². The number of pyridine rings is 1. The van der Waals surface area contributed by atoms with Gasteiger partial charge in [-0.1, -0.05) is 6.07 Å². The number of halogens is 3. The Balaban J connectivity index is 1.98. The van der Waals surface area contributed by atoms with Crippen LogP contribution in [-0.4, -0.2) is 19.6 Å². The van der Waals surface area contributed by atoms with E-state index in [4.69, 9.17) is 4.42 Å². The topological polar surface area (TPSA) is 56.2 Å². The molecule has 0 aromatic carbocycles. The van der Waals surface area contributed by atoms with Gasteiger partial charge in [-0.2, -0.15) is 18.3 Å². The molecule has 8 heteroatoms. The fourth-order valence-corrected chi connectivity index (χ4v) is 2.37. The van der Waals surface area contributed by atoms with E-state index in [1.54, 1.807) is 30.3 Å². The normalized spacial score (nSPS) is 12.0. The molecule has 0 amide bonds. The predicted molar refractivity (Wildman–Crippen MR) is 78.9 cm³/mol. The molecule has 0 aliphatic rings. The largest absolute Gasteiger partial charge is 0.463 e. The van der Waals surface area contributed by atoms with E-state index in [-0.39, 0.29) is 17.0 Å². The van der Waals surface area contributed by atoms with Crippen molar-refractivity contribution in [3.8, 4) is 22.8 Å². The average Bonchev–Trinajstić information content (AvgIpc) is 3.22. The van der Waals surface area contributed by atoms with Crippen molar-refractivity contribution in [2.75, 3.05) is 0 Å². The summed E-state index contributed by atoms with van der Waals surface area (Å²) in [5.41, 5.74) is -0.105. The Bertz CT molecular complexity index is 992. The van der Waals surface area contributed by atoms with Gasteiger partial charge >= 0.3 is 6.18 Å². The van der Waals surface area contributed by atoms with Crippen LogP contribution < -0.4 is 0 Å². The molecule has 4 aromatic rings. The van der Waals surface area contributed by atoms with E-state index in [9.17, 15) is 13.2 Å². The van der Waals surface area contributed by atoms with Crippen LogP contribution in [0.3, 0.4) is 0 Å². The molecule has 5 nitrogen and oxygen atoms in total. The third-order valence-electron chi connectivity index (χ3n) is 3.42. The molecule has 0 fully saturated rings. The number of alkyl halides is 3. The smallest absolute Gasteiger partial charge is 0.433 e. The summed E-state index contributed by atoms with van der Waals surface area (Å²) < 4.78 is 46.3. The Morgan fingerprint density at radius 2 is 1.83 bits per heavy atom. The van der Waals surface area contributed by atoms with Gasteiger partial charge in [0.05, 0.1) is 17.7 Å². The molecule has 0 N–H and O–H groups in total. The zero-order valence-electron chi connectivity index (χ0n) is 12.0. The lowest BCUT2D eigenvalue weighted by atomic mass is 10.2. The number of rotatable bonds is 2. The van der Waals surface area contributed by atoms with Crippen LogP contribution in [0, 0.1) is 0 Å². The van der Waals surface area contributed by atoms with Crippen molar-refractivity contribution in [2.45, 2.75) is 6.18 Å². The number of nitrogens with zero attached hydrogens (tertiary/aromatic N) is 4. The van der Waals surface area contributed by atoms with Crippen molar-refractivity contribution >= 4 is 5.65 Å². The molecule has 4 aromatic heterocycles. The highest BCUT2D eigenvalue weighted by atomic mass is 19.4. The van der Waals surface area contributed by atoms with E-state index in [1.165, 1.54) is 18.5 Å². The summed E-state index contributed by atoms with van der Waals surface area (Å²) in [5.74, 6) is 0.369. The van der Waals surface area contributed by atoms with Crippen LogP contribution in [0.5, 0.6) is 0 Å². The van der Waals surface area contributed by atoms with E-state index in [0.717, 1.165) is 10.6 Å². The van der Waals surface area contributed by atoms with Gasteiger partial charge in [0.1, 0.15) is 5.69 Å². The Kier molecular flexibility index (Phi) is 3.12. The Morgan fingerprint density at radius 1 is 0.958 bits per heavy atom. The Labute approximate surface area is 133 Å². The molecule has 0 aliphatic heterocycles. The maximum Gasteiger partial charge on any atom is 0.433 e. The van der Waals surface area contributed by atoms with E-state index >= 15 is 0 Å². The first-order valence-corrected chi connectivity index (χ1v) is 6.96. The van der Waals surface area contributed by atoms with Crippen LogP contribution in [0.2, 0.25) is 0 Å². The van der Waals surface area contributed by atoms with Crippen molar-refractivity contribution in [3.63, 3.8) is 0 Å². The summed E-state index contributed by atoms with van der Waals surface area (Å²) >= 11 is 0. The summed E-state index contributed by atoms with van der Waals surface area (Å²) in [5, 5.41) is 3.98. The number of furan rings is 1. The molecule has 0 atom stereocenters. The van der Waals surface area contributed by atoms with Gasteiger partial charge in [-0.15, -0.1) is 0 Å². The first-order valence-electron chi connectivity index (χ1n) is 6.96. The first-order chi connectivity index (χ1) is 11.5. The molecule has 120 valence electrons. The molecule has 4 rings (SSSR count). The fourth-order valence-electron chi connectivity index (χ4n) is 2.37. The highest BCUT2D eigenvalue weighted by Gasteiger charge is 2.35. The van der Waals surface area contributed by atoms with Crippen molar-refractivity contribution < 1.29 is 17.6 Å². The van der Waals surface area contributed by atoms with Crippen LogP contribution in [0.1, 0.15) is 5.69 Å². The number of hydrogen-bond acceptors (Lipinski definition) is 4. The minimum atomic E-state index is -4.59. The van der Waals surface area contributed by atoms with Gasteiger partial charge in [-0.3, -0.25) is 4.98 Å². The second-order valence-corrected chi connectivity index (χ2v) is 5.02. The van der Waals surface area contributed by atoms with E-state index in [0.29, 0.717) is 11.5 Å². The lowest BCUT2D eigenvalue weighted by Crippen LogP contribution is -2.13. The highest BCUT2D eigenvalue weighted by molar-refractivity contribution is 5.64. The second-order valence-electron chi connectivity index (χ2n) is 5.02. The highest BCUT2D eigenvalue weighted by Crippen LogP contribution is 2.33. The third-order valence-corrected chi connectivity index (χ3v) is 3.42. The molecule has 4 heterocycles. The zero-order valence-corrected chi connectivity index (χ0v) is 12.0. The van der Waals surface area contributed by atoms with Crippen LogP contribution in [0.4, 0.5) is 13.2 Å². The van der Waals surface area contributed by atoms with Gasteiger partial charge in [-0.05, 0) is 30.3 Å². The Hall–Kier alpha value is -3.16. The van der Waals surface area contributed by atoms with Crippen molar-refractivity contribution in [2.24, 2.45) is 0 Å². The molecule has 0 unspecified atom stereocenters. The van der Waals surface area contributed by atoms with Gasteiger partial charge in [-0.25, -0.2) is 9.50 Å².